The van der Waals surface area contributed by atoms with Gasteiger partial charge in [-0.3, -0.25) is 0 Å². The van der Waals surface area contributed by atoms with Crippen LogP contribution in [0.25, 0.3) is 0 Å². The molecule has 1 nitrogen and oxygen atoms in total. The molecule has 0 atom stereocenters. The molecule has 14 heavy (non-hydrogen) atoms. The van der Waals surface area contributed by atoms with Crippen molar-refractivity contribution in [2.45, 2.75) is 19.4 Å². The molecule has 1 rings (SSSR count). The molecule has 0 amide bonds. The molecule has 0 saturated carbocycles. The van der Waals surface area contributed by atoms with Crippen molar-refractivity contribution in [3.63, 3.8) is 0 Å². The van der Waals surface area contributed by atoms with E-state index in [2.05, 4.69) is 19.2 Å². The van der Waals surface area contributed by atoms with Crippen LogP contribution in [-0.2, 0) is 19.4 Å². The number of rotatable bonds is 5. The predicted octanol–water partition coefficient (Wildman–Crippen LogP) is 2.64. The van der Waals surface area contributed by atoms with Crippen LogP contribution < -0.4 is 0 Å². The van der Waals surface area contributed by atoms with Crippen LogP contribution in [0.1, 0.15) is 16.7 Å². The second-order valence-corrected chi connectivity index (χ2v) is 3.30. The summed E-state index contributed by atoms with van der Waals surface area (Å²) in [5.41, 5.74) is 3.35. The van der Waals surface area contributed by atoms with E-state index in [0.29, 0.717) is 0 Å². The molecule has 0 aromatic heterocycles. The van der Waals surface area contributed by atoms with Gasteiger partial charge in [-0.2, -0.15) is 0 Å². The molecular weight excluding hydrogens is 172 g/mol. The average molecular weight is 188 g/mol. The molecule has 0 heterocycles. The van der Waals surface area contributed by atoms with Crippen molar-refractivity contribution in [1.29, 1.82) is 0 Å². The minimum absolute atomic E-state index is 0.0924. The van der Waals surface area contributed by atoms with Gasteiger partial charge in [-0.1, -0.05) is 30.4 Å². The van der Waals surface area contributed by atoms with Crippen LogP contribution in [0.4, 0.5) is 0 Å². The summed E-state index contributed by atoms with van der Waals surface area (Å²) in [6, 6.07) is 6.14. The van der Waals surface area contributed by atoms with Crippen LogP contribution in [0.15, 0.2) is 43.5 Å². The van der Waals surface area contributed by atoms with Crippen molar-refractivity contribution in [3.8, 4) is 0 Å². The molecule has 0 saturated heterocycles. The van der Waals surface area contributed by atoms with E-state index in [1.54, 1.807) is 0 Å². The summed E-state index contributed by atoms with van der Waals surface area (Å²) in [5.74, 6) is 0. The largest absolute Gasteiger partial charge is 0.392 e. The van der Waals surface area contributed by atoms with E-state index in [1.165, 1.54) is 11.1 Å². The second kappa shape index (κ2) is 5.40. The van der Waals surface area contributed by atoms with E-state index in [0.717, 1.165) is 18.4 Å². The maximum absolute atomic E-state index is 9.07. The van der Waals surface area contributed by atoms with Crippen LogP contribution in [-0.4, -0.2) is 5.11 Å². The van der Waals surface area contributed by atoms with Gasteiger partial charge in [0.25, 0.3) is 0 Å². The Kier molecular flexibility index (Phi) is 4.14. The number of benzene rings is 1. The number of allylic oxidation sites excluding steroid dienone is 2. The first-order chi connectivity index (χ1) is 6.80. The molecule has 1 aromatic carbocycles. The lowest BCUT2D eigenvalue weighted by molar-refractivity contribution is 0.281. The highest BCUT2D eigenvalue weighted by molar-refractivity contribution is 5.32. The molecule has 1 aromatic rings. The Morgan fingerprint density at radius 1 is 0.929 bits per heavy atom. The van der Waals surface area contributed by atoms with Crippen molar-refractivity contribution in [2.24, 2.45) is 0 Å². The maximum Gasteiger partial charge on any atom is 0.0682 e. The zero-order valence-corrected chi connectivity index (χ0v) is 8.37. The Hall–Kier alpha value is -1.34. The lowest BCUT2D eigenvalue weighted by Gasteiger charge is -2.05. The van der Waals surface area contributed by atoms with Gasteiger partial charge in [0.1, 0.15) is 0 Å². The number of hydrogen-bond donors (Lipinski definition) is 1. The summed E-state index contributed by atoms with van der Waals surface area (Å²) in [6.45, 7) is 7.50. The number of aliphatic hydroxyl groups excluding tert-OH is 1. The van der Waals surface area contributed by atoms with Gasteiger partial charge in [-0.25, -0.2) is 0 Å². The first-order valence-electron chi connectivity index (χ1n) is 4.74. The lowest BCUT2D eigenvalue weighted by atomic mass is 10.0. The van der Waals surface area contributed by atoms with Crippen LogP contribution in [0, 0.1) is 0 Å². The third kappa shape index (κ3) is 2.86. The van der Waals surface area contributed by atoms with Crippen molar-refractivity contribution in [1.82, 2.24) is 0 Å². The molecule has 0 radical (unpaired) electrons. The van der Waals surface area contributed by atoms with Crippen LogP contribution in [0.2, 0.25) is 0 Å². The highest BCUT2D eigenvalue weighted by Gasteiger charge is 1.98. The van der Waals surface area contributed by atoms with Gasteiger partial charge < -0.3 is 5.11 Å². The highest BCUT2D eigenvalue weighted by atomic mass is 16.3. The van der Waals surface area contributed by atoms with Crippen molar-refractivity contribution < 1.29 is 5.11 Å². The summed E-state index contributed by atoms with van der Waals surface area (Å²) in [7, 11) is 0. The van der Waals surface area contributed by atoms with Crippen LogP contribution in [0.3, 0.4) is 0 Å². The van der Waals surface area contributed by atoms with Crippen molar-refractivity contribution >= 4 is 0 Å². The standard InChI is InChI=1S/C13H16O/c1-3-5-11-7-12(6-4-2)9-13(8-11)10-14/h3-4,7-9,14H,1-2,5-6,10H2. The quantitative estimate of drug-likeness (QED) is 0.704. The summed E-state index contributed by atoms with van der Waals surface area (Å²) in [5, 5.41) is 9.07. The fourth-order valence-corrected chi connectivity index (χ4v) is 1.50. The number of aliphatic hydroxyl groups is 1. The predicted molar refractivity (Wildman–Crippen MR) is 60.2 cm³/mol. The monoisotopic (exact) mass is 188 g/mol. The third-order valence-electron chi connectivity index (χ3n) is 2.06. The van der Waals surface area contributed by atoms with Crippen LogP contribution in [0.5, 0.6) is 0 Å². The Labute approximate surface area is 85.4 Å². The Morgan fingerprint density at radius 2 is 1.36 bits per heavy atom. The van der Waals surface area contributed by atoms with Gasteiger partial charge in [-0.05, 0) is 29.5 Å². The molecule has 0 aliphatic rings. The Morgan fingerprint density at radius 3 is 1.71 bits per heavy atom. The second-order valence-electron chi connectivity index (χ2n) is 3.30. The number of hydrogen-bond acceptors (Lipinski definition) is 1. The molecule has 1 heteroatoms. The molecule has 0 aliphatic carbocycles. The lowest BCUT2D eigenvalue weighted by Crippen LogP contribution is -1.92. The first-order valence-corrected chi connectivity index (χ1v) is 4.74. The highest BCUT2D eigenvalue weighted by Crippen LogP contribution is 2.12. The summed E-state index contributed by atoms with van der Waals surface area (Å²) < 4.78 is 0. The van der Waals surface area contributed by atoms with Crippen molar-refractivity contribution in [2.75, 3.05) is 0 Å². The van der Waals surface area contributed by atoms with E-state index < -0.39 is 0 Å². The van der Waals surface area contributed by atoms with E-state index in [-0.39, 0.29) is 6.61 Å². The van der Waals surface area contributed by atoms with Gasteiger partial charge in [0.2, 0.25) is 0 Å². The third-order valence-corrected chi connectivity index (χ3v) is 2.06. The van der Waals surface area contributed by atoms with E-state index in [1.807, 2.05) is 24.3 Å². The molecule has 74 valence electrons. The molecule has 0 unspecified atom stereocenters. The molecule has 0 fully saturated rings. The molecule has 0 bridgehead atoms. The van der Waals surface area contributed by atoms with Crippen LogP contribution >= 0.6 is 0 Å². The van der Waals surface area contributed by atoms with E-state index in [4.69, 9.17) is 5.11 Å². The normalized spacial score (nSPS) is 9.79. The van der Waals surface area contributed by atoms with Gasteiger partial charge in [0.05, 0.1) is 6.61 Å². The maximum atomic E-state index is 9.07. The fraction of sp³-hybridized carbons (Fsp3) is 0.231. The van der Waals surface area contributed by atoms with Gasteiger partial charge in [-0.15, -0.1) is 13.2 Å². The zero-order chi connectivity index (χ0) is 10.4. The summed E-state index contributed by atoms with van der Waals surface area (Å²) >= 11 is 0. The molecule has 1 N–H and O–H groups in total. The van der Waals surface area contributed by atoms with E-state index >= 15 is 0 Å². The van der Waals surface area contributed by atoms with Gasteiger partial charge >= 0.3 is 0 Å². The SMILES string of the molecule is C=CCc1cc(CO)cc(CC=C)c1. The molecular formula is C13H16O. The topological polar surface area (TPSA) is 20.2 Å². The Balaban J connectivity index is 2.99. The average Bonchev–Trinajstić information content (AvgIpc) is 2.18. The smallest absolute Gasteiger partial charge is 0.0682 e. The minimum atomic E-state index is 0.0924. The van der Waals surface area contributed by atoms with Gasteiger partial charge in [0.15, 0.2) is 0 Å². The van der Waals surface area contributed by atoms with Gasteiger partial charge in [0, 0.05) is 0 Å². The Bertz CT molecular complexity index is 298. The van der Waals surface area contributed by atoms with E-state index in [9.17, 15) is 0 Å². The minimum Gasteiger partial charge on any atom is -0.392 e. The fourth-order valence-electron chi connectivity index (χ4n) is 1.50. The van der Waals surface area contributed by atoms with Crippen molar-refractivity contribution in [3.05, 3.63) is 60.2 Å². The first kappa shape index (κ1) is 10.7. The zero-order valence-electron chi connectivity index (χ0n) is 8.37. The molecule has 0 aliphatic heterocycles. The summed E-state index contributed by atoms with van der Waals surface area (Å²) in [6.07, 6.45) is 5.43. The molecule has 0 spiro atoms. The summed E-state index contributed by atoms with van der Waals surface area (Å²) in [4.78, 5) is 0.